The number of halogens is 1. The van der Waals surface area contributed by atoms with Crippen molar-refractivity contribution in [2.24, 2.45) is 5.92 Å². The minimum Gasteiger partial charge on any atom is -0.393 e. The zero-order valence-electron chi connectivity index (χ0n) is 9.82. The lowest BCUT2D eigenvalue weighted by molar-refractivity contribution is 0.0887. The fraction of sp³-hybridized carbons (Fsp3) is 0.538. The van der Waals surface area contributed by atoms with Crippen LogP contribution in [-0.4, -0.2) is 24.9 Å². The maximum absolute atomic E-state index is 10.0. The normalized spacial score (nSPS) is 14.8. The molecule has 0 saturated carbocycles. The number of methoxy groups -OCH3 is 1. The topological polar surface area (TPSA) is 29.5 Å². The SMILES string of the molecule is COCCC(C)C(O)Cc1ccccc1Cl. The summed E-state index contributed by atoms with van der Waals surface area (Å²) in [6.07, 6.45) is 1.10. The van der Waals surface area contributed by atoms with Gasteiger partial charge in [-0.1, -0.05) is 36.7 Å². The third-order valence-corrected chi connectivity index (χ3v) is 3.19. The second-order valence-electron chi connectivity index (χ2n) is 4.12. The number of aliphatic hydroxyl groups is 1. The first kappa shape index (κ1) is 13.5. The van der Waals surface area contributed by atoms with E-state index in [1.165, 1.54) is 0 Å². The molecule has 0 heterocycles. The minimum atomic E-state index is -0.366. The Morgan fingerprint density at radius 1 is 1.38 bits per heavy atom. The molecule has 0 amide bonds. The first-order chi connectivity index (χ1) is 7.65. The van der Waals surface area contributed by atoms with Gasteiger partial charge in [0.05, 0.1) is 6.10 Å². The van der Waals surface area contributed by atoms with E-state index in [2.05, 4.69) is 0 Å². The van der Waals surface area contributed by atoms with Crippen molar-refractivity contribution in [2.75, 3.05) is 13.7 Å². The zero-order valence-corrected chi connectivity index (χ0v) is 10.6. The molecular weight excluding hydrogens is 224 g/mol. The molecule has 1 rings (SSSR count). The van der Waals surface area contributed by atoms with Crippen LogP contribution in [0.15, 0.2) is 24.3 Å². The van der Waals surface area contributed by atoms with Gasteiger partial charge in [-0.2, -0.15) is 0 Å². The van der Waals surface area contributed by atoms with Crippen LogP contribution in [0.25, 0.3) is 0 Å². The summed E-state index contributed by atoms with van der Waals surface area (Å²) in [5, 5.41) is 10.7. The van der Waals surface area contributed by atoms with Crippen LogP contribution < -0.4 is 0 Å². The van der Waals surface area contributed by atoms with Gasteiger partial charge in [0, 0.05) is 25.2 Å². The Balaban J connectivity index is 2.50. The monoisotopic (exact) mass is 242 g/mol. The van der Waals surface area contributed by atoms with Crippen LogP contribution in [-0.2, 0) is 11.2 Å². The van der Waals surface area contributed by atoms with E-state index >= 15 is 0 Å². The number of rotatable bonds is 6. The van der Waals surface area contributed by atoms with Crippen LogP contribution in [0.1, 0.15) is 18.9 Å². The molecule has 2 atom stereocenters. The highest BCUT2D eigenvalue weighted by molar-refractivity contribution is 6.31. The molecule has 0 spiro atoms. The molecule has 3 heteroatoms. The Bertz CT molecular complexity index is 315. The molecule has 0 radical (unpaired) electrons. The summed E-state index contributed by atoms with van der Waals surface area (Å²) in [5.74, 6) is 0.219. The Kier molecular flexibility index (Phi) is 5.81. The molecule has 0 saturated heterocycles. The van der Waals surface area contributed by atoms with Gasteiger partial charge in [0.15, 0.2) is 0 Å². The lowest BCUT2D eigenvalue weighted by Gasteiger charge is -2.19. The van der Waals surface area contributed by atoms with Crippen LogP contribution in [0.3, 0.4) is 0 Å². The second-order valence-corrected chi connectivity index (χ2v) is 4.53. The van der Waals surface area contributed by atoms with E-state index in [1.807, 2.05) is 31.2 Å². The molecular formula is C13H19ClO2. The lowest BCUT2D eigenvalue weighted by Crippen LogP contribution is -2.21. The molecule has 16 heavy (non-hydrogen) atoms. The number of hydrogen-bond donors (Lipinski definition) is 1. The summed E-state index contributed by atoms with van der Waals surface area (Å²) >= 11 is 6.04. The molecule has 0 aromatic heterocycles. The van der Waals surface area contributed by atoms with Gasteiger partial charge in [0.2, 0.25) is 0 Å². The first-order valence-electron chi connectivity index (χ1n) is 5.55. The molecule has 0 aliphatic rings. The molecule has 1 N–H and O–H groups in total. The van der Waals surface area contributed by atoms with Crippen molar-refractivity contribution in [3.8, 4) is 0 Å². The summed E-state index contributed by atoms with van der Waals surface area (Å²) in [4.78, 5) is 0. The molecule has 1 aromatic carbocycles. The van der Waals surface area contributed by atoms with Gasteiger partial charge >= 0.3 is 0 Å². The molecule has 90 valence electrons. The van der Waals surface area contributed by atoms with Gasteiger partial charge < -0.3 is 9.84 Å². The van der Waals surface area contributed by atoms with E-state index in [1.54, 1.807) is 7.11 Å². The standard InChI is InChI=1S/C13H19ClO2/c1-10(7-8-16-2)13(15)9-11-5-3-4-6-12(11)14/h3-6,10,13,15H,7-9H2,1-2H3. The Morgan fingerprint density at radius 2 is 2.06 bits per heavy atom. The van der Waals surface area contributed by atoms with Crippen molar-refractivity contribution >= 4 is 11.6 Å². The molecule has 0 aliphatic heterocycles. The predicted molar refractivity (Wildman–Crippen MR) is 66.8 cm³/mol. The lowest BCUT2D eigenvalue weighted by atomic mass is 9.95. The van der Waals surface area contributed by atoms with Crippen molar-refractivity contribution in [2.45, 2.75) is 25.9 Å². The van der Waals surface area contributed by atoms with Crippen molar-refractivity contribution in [1.29, 1.82) is 0 Å². The number of benzene rings is 1. The van der Waals surface area contributed by atoms with Gasteiger partial charge in [-0.15, -0.1) is 0 Å². The highest BCUT2D eigenvalue weighted by atomic mass is 35.5. The van der Waals surface area contributed by atoms with Crippen LogP contribution in [0, 0.1) is 5.92 Å². The van der Waals surface area contributed by atoms with Gasteiger partial charge in [-0.05, 0) is 24.0 Å². The Hall–Kier alpha value is -0.570. The fourth-order valence-corrected chi connectivity index (χ4v) is 1.80. The molecule has 0 aliphatic carbocycles. The molecule has 0 bridgehead atoms. The second kappa shape index (κ2) is 6.89. The van der Waals surface area contributed by atoms with E-state index < -0.39 is 0 Å². The maximum Gasteiger partial charge on any atom is 0.0607 e. The van der Waals surface area contributed by atoms with Gasteiger partial charge in [0.25, 0.3) is 0 Å². The molecule has 2 nitrogen and oxygen atoms in total. The highest BCUT2D eigenvalue weighted by Gasteiger charge is 2.15. The third-order valence-electron chi connectivity index (χ3n) is 2.82. The van der Waals surface area contributed by atoms with E-state index in [4.69, 9.17) is 16.3 Å². The Labute approximate surface area is 102 Å². The summed E-state index contributed by atoms with van der Waals surface area (Å²) in [7, 11) is 1.67. The first-order valence-corrected chi connectivity index (χ1v) is 5.93. The number of aliphatic hydroxyl groups excluding tert-OH is 1. The van der Waals surface area contributed by atoms with Crippen molar-refractivity contribution in [1.82, 2.24) is 0 Å². The molecule has 0 fully saturated rings. The van der Waals surface area contributed by atoms with Crippen LogP contribution in [0.5, 0.6) is 0 Å². The average molecular weight is 243 g/mol. The zero-order chi connectivity index (χ0) is 12.0. The fourth-order valence-electron chi connectivity index (χ4n) is 1.59. The predicted octanol–water partition coefficient (Wildman–Crippen LogP) is 2.92. The summed E-state index contributed by atoms with van der Waals surface area (Å²) in [6, 6.07) is 7.64. The molecule has 2 unspecified atom stereocenters. The van der Waals surface area contributed by atoms with Gasteiger partial charge in [-0.25, -0.2) is 0 Å². The summed E-state index contributed by atoms with van der Waals surface area (Å²) in [5.41, 5.74) is 1.00. The smallest absolute Gasteiger partial charge is 0.0607 e. The van der Waals surface area contributed by atoms with Crippen LogP contribution in [0.2, 0.25) is 5.02 Å². The highest BCUT2D eigenvalue weighted by Crippen LogP contribution is 2.20. The van der Waals surface area contributed by atoms with Crippen molar-refractivity contribution < 1.29 is 9.84 Å². The Morgan fingerprint density at radius 3 is 2.69 bits per heavy atom. The van der Waals surface area contributed by atoms with Crippen LogP contribution >= 0.6 is 11.6 Å². The summed E-state index contributed by atoms with van der Waals surface area (Å²) < 4.78 is 5.00. The van der Waals surface area contributed by atoms with E-state index in [-0.39, 0.29) is 12.0 Å². The number of ether oxygens (including phenoxy) is 1. The van der Waals surface area contributed by atoms with Crippen molar-refractivity contribution in [3.63, 3.8) is 0 Å². The van der Waals surface area contributed by atoms with Crippen molar-refractivity contribution in [3.05, 3.63) is 34.9 Å². The van der Waals surface area contributed by atoms with Gasteiger partial charge in [-0.3, -0.25) is 0 Å². The molecule has 1 aromatic rings. The maximum atomic E-state index is 10.0. The number of hydrogen-bond acceptors (Lipinski definition) is 2. The summed E-state index contributed by atoms with van der Waals surface area (Å²) in [6.45, 7) is 2.71. The minimum absolute atomic E-state index is 0.219. The van der Waals surface area contributed by atoms with Crippen LogP contribution in [0.4, 0.5) is 0 Å². The van der Waals surface area contributed by atoms with Gasteiger partial charge in [0.1, 0.15) is 0 Å². The van der Waals surface area contributed by atoms with E-state index in [0.29, 0.717) is 13.0 Å². The largest absolute Gasteiger partial charge is 0.393 e. The van der Waals surface area contributed by atoms with E-state index in [0.717, 1.165) is 17.0 Å². The third kappa shape index (κ3) is 4.12. The quantitative estimate of drug-likeness (QED) is 0.831. The average Bonchev–Trinajstić information content (AvgIpc) is 2.28. The van der Waals surface area contributed by atoms with E-state index in [9.17, 15) is 5.11 Å².